The first-order chi connectivity index (χ1) is 10.1. The second-order valence-corrected chi connectivity index (χ2v) is 4.51. The molecule has 0 aliphatic rings. The predicted octanol–water partition coefficient (Wildman–Crippen LogP) is 1.72. The highest BCUT2D eigenvalue weighted by Crippen LogP contribution is 2.26. The molecule has 0 unspecified atom stereocenters. The van der Waals surface area contributed by atoms with E-state index in [2.05, 4.69) is 5.10 Å². The van der Waals surface area contributed by atoms with E-state index in [4.69, 9.17) is 12.6 Å². The summed E-state index contributed by atoms with van der Waals surface area (Å²) < 4.78 is 19.4. The Labute approximate surface area is 121 Å². The zero-order valence-electron chi connectivity index (χ0n) is 11.2. The lowest BCUT2D eigenvalue weighted by molar-refractivity contribution is 0.0604. The smallest absolute Gasteiger partial charge is 0.342 e. The summed E-state index contributed by atoms with van der Waals surface area (Å²) in [6.07, 6.45) is 1.61. The van der Waals surface area contributed by atoms with Crippen LogP contribution in [-0.4, -0.2) is 30.5 Å². The van der Waals surface area contributed by atoms with Crippen LogP contribution < -0.4 is 5.46 Å². The van der Waals surface area contributed by atoms with Crippen LogP contribution in [0.2, 0.25) is 0 Å². The maximum atomic E-state index is 13.1. The molecule has 0 amide bonds. The number of benzene rings is 1. The van der Waals surface area contributed by atoms with Gasteiger partial charge in [-0.3, -0.25) is 0 Å². The monoisotopic (exact) mass is 280 g/mol. The van der Waals surface area contributed by atoms with Crippen molar-refractivity contribution in [2.45, 2.75) is 0 Å². The summed E-state index contributed by atoms with van der Waals surface area (Å²) >= 11 is 0. The van der Waals surface area contributed by atoms with Gasteiger partial charge in [0.25, 0.3) is 0 Å². The fraction of sp³-hybridized carbons (Fsp3) is 0.0667. The van der Waals surface area contributed by atoms with Crippen LogP contribution in [-0.2, 0) is 4.74 Å². The van der Waals surface area contributed by atoms with E-state index in [9.17, 15) is 9.18 Å². The topological polar surface area (TPSA) is 43.6 Å². The van der Waals surface area contributed by atoms with E-state index in [1.54, 1.807) is 30.5 Å². The van der Waals surface area contributed by atoms with Crippen molar-refractivity contribution in [2.75, 3.05) is 7.11 Å². The molecule has 3 aromatic rings. The average Bonchev–Trinajstić information content (AvgIpc) is 2.85. The number of aromatic nitrogens is 2. The number of ether oxygens (including phenoxy) is 1. The van der Waals surface area contributed by atoms with Crippen molar-refractivity contribution in [1.82, 2.24) is 9.61 Å². The molecule has 102 valence electrons. The highest BCUT2D eigenvalue weighted by atomic mass is 19.1. The predicted molar refractivity (Wildman–Crippen MR) is 77.3 cm³/mol. The fourth-order valence-electron chi connectivity index (χ4n) is 2.18. The molecule has 4 nitrogen and oxygen atoms in total. The van der Waals surface area contributed by atoms with Crippen LogP contribution in [0.4, 0.5) is 4.39 Å². The van der Waals surface area contributed by atoms with Gasteiger partial charge in [0, 0.05) is 11.8 Å². The van der Waals surface area contributed by atoms with E-state index in [-0.39, 0.29) is 5.82 Å². The van der Waals surface area contributed by atoms with Gasteiger partial charge in [0.1, 0.15) is 24.9 Å². The third kappa shape index (κ3) is 2.29. The maximum Gasteiger partial charge on any atom is 0.342 e. The Kier molecular flexibility index (Phi) is 3.21. The summed E-state index contributed by atoms with van der Waals surface area (Å²) in [6.45, 7) is 0. The van der Waals surface area contributed by atoms with Crippen LogP contribution >= 0.6 is 0 Å². The summed E-state index contributed by atoms with van der Waals surface area (Å²) in [5, 5.41) is 4.36. The molecule has 3 rings (SSSR count). The Morgan fingerprint density at radius 2 is 1.95 bits per heavy atom. The second kappa shape index (κ2) is 5.05. The van der Waals surface area contributed by atoms with Crippen molar-refractivity contribution >= 4 is 24.8 Å². The molecule has 0 atom stereocenters. The van der Waals surface area contributed by atoms with Crippen LogP contribution in [0.3, 0.4) is 0 Å². The average molecular weight is 280 g/mol. The molecule has 0 fully saturated rings. The van der Waals surface area contributed by atoms with Gasteiger partial charge < -0.3 is 4.74 Å². The first kappa shape index (κ1) is 13.4. The van der Waals surface area contributed by atoms with Gasteiger partial charge in [-0.25, -0.2) is 13.7 Å². The fourth-order valence-corrected chi connectivity index (χ4v) is 2.18. The van der Waals surface area contributed by atoms with E-state index in [0.717, 1.165) is 0 Å². The van der Waals surface area contributed by atoms with Crippen molar-refractivity contribution < 1.29 is 13.9 Å². The minimum atomic E-state index is -0.505. The van der Waals surface area contributed by atoms with E-state index >= 15 is 0 Å². The third-order valence-electron chi connectivity index (χ3n) is 3.16. The van der Waals surface area contributed by atoms with Crippen LogP contribution in [0, 0.1) is 5.82 Å². The van der Waals surface area contributed by atoms with Crippen LogP contribution in [0.15, 0.2) is 42.6 Å². The molecule has 0 saturated carbocycles. The standard InChI is InChI=1S/C15H10BFN2O2/c1-21-15(20)13-12-7-4-10(16)8-19(12)18-14(13)9-2-5-11(17)6-3-9/h2-8H,1H3. The second-order valence-electron chi connectivity index (χ2n) is 4.51. The van der Waals surface area contributed by atoms with Crippen LogP contribution in [0.25, 0.3) is 16.8 Å². The Balaban J connectivity index is 2.30. The highest BCUT2D eigenvalue weighted by molar-refractivity contribution is 6.32. The van der Waals surface area contributed by atoms with E-state index in [1.165, 1.54) is 23.8 Å². The van der Waals surface area contributed by atoms with Gasteiger partial charge in [-0.05, 0) is 30.3 Å². The maximum absolute atomic E-state index is 13.1. The molecular formula is C15H10BFN2O2. The summed E-state index contributed by atoms with van der Waals surface area (Å²) in [5.74, 6) is -0.861. The molecule has 0 spiro atoms. The molecule has 0 bridgehead atoms. The molecule has 2 radical (unpaired) electrons. The molecule has 2 heterocycles. The van der Waals surface area contributed by atoms with Crippen molar-refractivity contribution in [3.8, 4) is 11.3 Å². The zero-order chi connectivity index (χ0) is 15.0. The summed E-state index contributed by atoms with van der Waals surface area (Å²) in [6, 6.07) is 9.13. The number of fused-ring (bicyclic) bond motifs is 1. The van der Waals surface area contributed by atoms with Crippen molar-refractivity contribution in [3.05, 3.63) is 54.0 Å². The normalized spacial score (nSPS) is 10.8. The molecule has 0 saturated heterocycles. The van der Waals surface area contributed by atoms with Crippen molar-refractivity contribution in [3.63, 3.8) is 0 Å². The van der Waals surface area contributed by atoms with Gasteiger partial charge in [0.2, 0.25) is 0 Å². The number of carbonyl (C=O) groups is 1. The number of halogens is 1. The zero-order valence-corrected chi connectivity index (χ0v) is 11.2. The molecule has 0 aliphatic carbocycles. The minimum absolute atomic E-state index is 0.323. The largest absolute Gasteiger partial charge is 0.465 e. The molecule has 0 aliphatic heterocycles. The Morgan fingerprint density at radius 1 is 1.24 bits per heavy atom. The lowest BCUT2D eigenvalue weighted by Gasteiger charge is -2.01. The van der Waals surface area contributed by atoms with Crippen LogP contribution in [0.5, 0.6) is 0 Å². The van der Waals surface area contributed by atoms with E-state index < -0.39 is 5.97 Å². The number of esters is 1. The number of rotatable bonds is 2. The summed E-state index contributed by atoms with van der Waals surface area (Å²) in [4.78, 5) is 12.1. The first-order valence-corrected chi connectivity index (χ1v) is 6.22. The number of hydrogen-bond acceptors (Lipinski definition) is 3. The number of nitrogens with zero attached hydrogens (tertiary/aromatic N) is 2. The molecule has 6 heteroatoms. The lowest BCUT2D eigenvalue weighted by Crippen LogP contribution is -2.06. The minimum Gasteiger partial charge on any atom is -0.465 e. The molecule has 0 N–H and O–H groups in total. The number of carbonyl (C=O) groups excluding carboxylic acids is 1. The van der Waals surface area contributed by atoms with E-state index in [0.29, 0.717) is 27.8 Å². The van der Waals surface area contributed by atoms with Gasteiger partial charge in [0.05, 0.1) is 12.6 Å². The number of methoxy groups -OCH3 is 1. The molecule has 21 heavy (non-hydrogen) atoms. The number of hydrogen-bond donors (Lipinski definition) is 0. The molecule has 1 aromatic carbocycles. The lowest BCUT2D eigenvalue weighted by atomic mass is 9.98. The molecular weight excluding hydrogens is 270 g/mol. The Bertz CT molecular complexity index is 828. The Hall–Kier alpha value is -2.63. The highest BCUT2D eigenvalue weighted by Gasteiger charge is 2.21. The van der Waals surface area contributed by atoms with Gasteiger partial charge in [-0.1, -0.05) is 11.5 Å². The number of pyridine rings is 1. The summed E-state index contributed by atoms with van der Waals surface area (Å²) in [7, 11) is 7.03. The SMILES string of the molecule is [B]c1ccc2c(C(=O)OC)c(-c3ccc(F)cc3)nn2c1. The van der Waals surface area contributed by atoms with Gasteiger partial charge in [-0.15, -0.1) is 0 Å². The van der Waals surface area contributed by atoms with Gasteiger partial charge in [-0.2, -0.15) is 5.10 Å². The van der Waals surface area contributed by atoms with Gasteiger partial charge >= 0.3 is 5.97 Å². The quantitative estimate of drug-likeness (QED) is 0.530. The first-order valence-electron chi connectivity index (χ1n) is 6.22. The Morgan fingerprint density at radius 3 is 2.62 bits per heavy atom. The molecule has 2 aromatic heterocycles. The summed E-state index contributed by atoms with van der Waals surface area (Å²) in [5.41, 5.74) is 2.47. The third-order valence-corrected chi connectivity index (χ3v) is 3.16. The van der Waals surface area contributed by atoms with Crippen molar-refractivity contribution in [1.29, 1.82) is 0 Å². The van der Waals surface area contributed by atoms with E-state index in [1.807, 2.05) is 0 Å². The van der Waals surface area contributed by atoms with Crippen LogP contribution in [0.1, 0.15) is 10.4 Å². The van der Waals surface area contributed by atoms with Gasteiger partial charge in [0.15, 0.2) is 0 Å². The van der Waals surface area contributed by atoms with Crippen molar-refractivity contribution in [2.24, 2.45) is 0 Å².